The maximum absolute atomic E-state index is 15.1. The van der Waals surface area contributed by atoms with E-state index in [1.54, 1.807) is 30.3 Å². The SMILES string of the molecule is CCCCCCCOc1ccc(-c2ccc(-c3ccc(C4CCC(COCC)OC4)c(F)c3)cc2)c(F)c1F. The second kappa shape index (κ2) is 14.5. The van der Waals surface area contributed by atoms with Crippen LogP contribution in [-0.4, -0.2) is 32.5 Å². The molecule has 4 rings (SSSR count). The van der Waals surface area contributed by atoms with Gasteiger partial charge in [0.25, 0.3) is 0 Å². The standard InChI is InChI=1S/C33H39F3O3/c1-3-5-6-7-8-19-38-31-18-17-29(32(35)33(31)36)24-11-9-23(10-12-24)25-14-16-28(30(34)20-25)26-13-15-27(39-21-26)22-37-4-2/h9-12,14,16-18,20,26-27H,3-8,13,15,19,21-22H2,1-2H3. The summed E-state index contributed by atoms with van der Waals surface area (Å²) in [5.74, 6) is -2.21. The molecule has 0 aromatic heterocycles. The Kier molecular flexibility index (Phi) is 10.9. The van der Waals surface area contributed by atoms with Gasteiger partial charge in [-0.2, -0.15) is 4.39 Å². The molecule has 39 heavy (non-hydrogen) atoms. The van der Waals surface area contributed by atoms with Crippen molar-refractivity contribution in [2.24, 2.45) is 0 Å². The Morgan fingerprint density at radius 2 is 1.54 bits per heavy atom. The van der Waals surface area contributed by atoms with Crippen molar-refractivity contribution in [3.8, 4) is 28.0 Å². The van der Waals surface area contributed by atoms with Crippen LogP contribution in [0.15, 0.2) is 54.6 Å². The van der Waals surface area contributed by atoms with Crippen molar-refractivity contribution in [2.45, 2.75) is 70.8 Å². The van der Waals surface area contributed by atoms with Crippen LogP contribution < -0.4 is 4.74 Å². The average molecular weight is 541 g/mol. The zero-order valence-electron chi connectivity index (χ0n) is 23.0. The largest absolute Gasteiger partial charge is 0.490 e. The van der Waals surface area contributed by atoms with Crippen LogP contribution in [0.1, 0.15) is 70.3 Å². The number of ether oxygens (including phenoxy) is 3. The monoisotopic (exact) mass is 540 g/mol. The molecule has 210 valence electrons. The third-order valence-electron chi connectivity index (χ3n) is 7.40. The lowest BCUT2D eigenvalue weighted by Gasteiger charge is -2.29. The van der Waals surface area contributed by atoms with Crippen LogP contribution in [0.2, 0.25) is 0 Å². The molecule has 3 nitrogen and oxygen atoms in total. The zero-order chi connectivity index (χ0) is 27.6. The number of halogens is 3. The molecule has 0 saturated carbocycles. The van der Waals surface area contributed by atoms with Gasteiger partial charge >= 0.3 is 0 Å². The van der Waals surface area contributed by atoms with Crippen molar-refractivity contribution in [3.05, 3.63) is 77.6 Å². The Labute approximate surface area is 230 Å². The van der Waals surface area contributed by atoms with E-state index in [1.807, 2.05) is 19.1 Å². The second-order valence-corrected chi connectivity index (χ2v) is 10.2. The average Bonchev–Trinajstić information content (AvgIpc) is 2.96. The summed E-state index contributed by atoms with van der Waals surface area (Å²) in [7, 11) is 0. The number of hydrogen-bond acceptors (Lipinski definition) is 3. The van der Waals surface area contributed by atoms with Crippen molar-refractivity contribution >= 4 is 0 Å². The lowest BCUT2D eigenvalue weighted by Crippen LogP contribution is -2.29. The molecule has 6 heteroatoms. The molecular formula is C33H39F3O3. The third-order valence-corrected chi connectivity index (χ3v) is 7.40. The highest BCUT2D eigenvalue weighted by atomic mass is 19.2. The van der Waals surface area contributed by atoms with Crippen molar-refractivity contribution < 1.29 is 27.4 Å². The molecule has 0 N–H and O–H groups in total. The Hall–Kier alpha value is -2.83. The summed E-state index contributed by atoms with van der Waals surface area (Å²) in [5.41, 5.74) is 2.88. The van der Waals surface area contributed by atoms with Crippen LogP contribution in [0, 0.1) is 17.5 Å². The van der Waals surface area contributed by atoms with Crippen molar-refractivity contribution in [2.75, 3.05) is 26.4 Å². The topological polar surface area (TPSA) is 27.7 Å². The van der Waals surface area contributed by atoms with E-state index in [0.29, 0.717) is 37.6 Å². The van der Waals surface area contributed by atoms with Gasteiger partial charge in [-0.05, 0) is 66.6 Å². The van der Waals surface area contributed by atoms with Gasteiger partial charge in [0.1, 0.15) is 5.82 Å². The van der Waals surface area contributed by atoms with Gasteiger partial charge in [-0.25, -0.2) is 8.78 Å². The van der Waals surface area contributed by atoms with Gasteiger partial charge in [0.15, 0.2) is 11.6 Å². The van der Waals surface area contributed by atoms with Gasteiger partial charge < -0.3 is 14.2 Å². The Balaban J connectivity index is 1.38. The second-order valence-electron chi connectivity index (χ2n) is 10.2. The lowest BCUT2D eigenvalue weighted by molar-refractivity contribution is -0.0464. The van der Waals surface area contributed by atoms with Crippen LogP contribution in [0.4, 0.5) is 13.2 Å². The summed E-state index contributed by atoms with van der Waals surface area (Å²) in [6.07, 6.45) is 7.04. The molecule has 0 spiro atoms. The first-order chi connectivity index (χ1) is 19.0. The molecule has 1 saturated heterocycles. The summed E-state index contributed by atoms with van der Waals surface area (Å²) >= 11 is 0. The maximum atomic E-state index is 15.1. The molecule has 1 aliphatic heterocycles. The summed E-state index contributed by atoms with van der Waals surface area (Å²) in [6.45, 7) is 6.19. The van der Waals surface area contributed by atoms with Crippen molar-refractivity contribution in [1.82, 2.24) is 0 Å². The molecule has 1 aliphatic rings. The normalized spacial score (nSPS) is 17.4. The minimum Gasteiger partial charge on any atom is -0.490 e. The van der Waals surface area contributed by atoms with Crippen LogP contribution in [0.3, 0.4) is 0 Å². The summed E-state index contributed by atoms with van der Waals surface area (Å²) in [4.78, 5) is 0. The zero-order valence-corrected chi connectivity index (χ0v) is 23.0. The molecule has 0 amide bonds. The molecule has 1 heterocycles. The highest BCUT2D eigenvalue weighted by Crippen LogP contribution is 2.34. The minimum absolute atomic E-state index is 0.0187. The molecule has 3 aromatic rings. The number of hydrogen-bond donors (Lipinski definition) is 0. The van der Waals surface area contributed by atoms with Crippen LogP contribution in [0.25, 0.3) is 22.3 Å². The predicted molar refractivity (Wildman–Crippen MR) is 150 cm³/mol. The minimum atomic E-state index is -0.973. The van der Waals surface area contributed by atoms with Gasteiger partial charge in [0.05, 0.1) is 25.9 Å². The summed E-state index contributed by atoms with van der Waals surface area (Å²) in [6, 6.07) is 15.3. The van der Waals surface area contributed by atoms with Gasteiger partial charge in [-0.3, -0.25) is 0 Å². The van der Waals surface area contributed by atoms with E-state index in [2.05, 4.69) is 6.92 Å². The highest BCUT2D eigenvalue weighted by Gasteiger charge is 2.25. The number of rotatable bonds is 13. The van der Waals surface area contributed by atoms with E-state index in [0.717, 1.165) is 49.7 Å². The van der Waals surface area contributed by atoms with Gasteiger partial charge in [0, 0.05) is 18.1 Å². The van der Waals surface area contributed by atoms with Gasteiger partial charge in [-0.1, -0.05) is 69.0 Å². The molecule has 3 aromatic carbocycles. The van der Waals surface area contributed by atoms with Crippen LogP contribution in [-0.2, 0) is 9.47 Å². The van der Waals surface area contributed by atoms with E-state index in [4.69, 9.17) is 14.2 Å². The van der Waals surface area contributed by atoms with E-state index < -0.39 is 11.6 Å². The Morgan fingerprint density at radius 3 is 2.23 bits per heavy atom. The fourth-order valence-corrected chi connectivity index (χ4v) is 5.07. The summed E-state index contributed by atoms with van der Waals surface area (Å²) < 4.78 is 61.4. The first kappa shape index (κ1) is 29.2. The lowest BCUT2D eigenvalue weighted by atomic mass is 9.89. The van der Waals surface area contributed by atoms with E-state index in [-0.39, 0.29) is 29.2 Å². The summed E-state index contributed by atoms with van der Waals surface area (Å²) in [5, 5.41) is 0. The van der Waals surface area contributed by atoms with Crippen LogP contribution in [0.5, 0.6) is 5.75 Å². The van der Waals surface area contributed by atoms with Crippen molar-refractivity contribution in [1.29, 1.82) is 0 Å². The smallest absolute Gasteiger partial charge is 0.201 e. The fourth-order valence-electron chi connectivity index (χ4n) is 5.07. The number of unbranched alkanes of at least 4 members (excludes halogenated alkanes) is 4. The van der Waals surface area contributed by atoms with Gasteiger partial charge in [-0.15, -0.1) is 0 Å². The van der Waals surface area contributed by atoms with E-state index >= 15 is 4.39 Å². The Bertz CT molecular complexity index is 1190. The first-order valence-electron chi connectivity index (χ1n) is 14.2. The predicted octanol–water partition coefficient (Wildman–Crippen LogP) is 9.09. The van der Waals surface area contributed by atoms with E-state index in [9.17, 15) is 8.78 Å². The first-order valence-corrected chi connectivity index (χ1v) is 14.2. The molecule has 2 unspecified atom stereocenters. The quantitative estimate of drug-likeness (QED) is 0.202. The molecular weight excluding hydrogens is 501 g/mol. The van der Waals surface area contributed by atoms with Crippen LogP contribution >= 0.6 is 0 Å². The molecule has 2 atom stereocenters. The fraction of sp³-hybridized carbons (Fsp3) is 0.455. The third kappa shape index (κ3) is 7.64. The highest BCUT2D eigenvalue weighted by molar-refractivity contribution is 5.71. The Morgan fingerprint density at radius 1 is 0.795 bits per heavy atom. The molecule has 1 fully saturated rings. The maximum Gasteiger partial charge on any atom is 0.201 e. The van der Waals surface area contributed by atoms with Gasteiger partial charge in [0.2, 0.25) is 5.82 Å². The molecule has 0 aliphatic carbocycles. The molecule has 0 bridgehead atoms. The number of benzene rings is 3. The molecule has 0 radical (unpaired) electrons. The van der Waals surface area contributed by atoms with Crippen molar-refractivity contribution in [3.63, 3.8) is 0 Å². The van der Waals surface area contributed by atoms with E-state index in [1.165, 1.54) is 18.6 Å².